The zero-order chi connectivity index (χ0) is 24.6. The van der Waals surface area contributed by atoms with Gasteiger partial charge in [-0.25, -0.2) is 4.98 Å². The third-order valence-corrected chi connectivity index (χ3v) is 7.22. The Morgan fingerprint density at radius 3 is 2.49 bits per heavy atom. The predicted molar refractivity (Wildman–Crippen MR) is 140 cm³/mol. The Morgan fingerprint density at radius 1 is 1.06 bits per heavy atom. The van der Waals surface area contributed by atoms with Gasteiger partial charge in [-0.05, 0) is 50.5 Å². The second-order valence-electron chi connectivity index (χ2n) is 8.73. The number of ether oxygens (including phenoxy) is 1. The number of likely N-dealkylation sites (tertiary alicyclic amines) is 1. The van der Waals surface area contributed by atoms with Crippen LogP contribution in [-0.2, 0) is 11.2 Å². The van der Waals surface area contributed by atoms with Crippen LogP contribution in [0.4, 0.5) is 0 Å². The molecule has 6 nitrogen and oxygen atoms in total. The van der Waals surface area contributed by atoms with Crippen LogP contribution in [0.3, 0.4) is 0 Å². The molecule has 3 aromatic rings. The van der Waals surface area contributed by atoms with E-state index in [2.05, 4.69) is 6.92 Å². The number of nitrogens with zero attached hydrogens (tertiary/aromatic N) is 3. The number of benzene rings is 2. The van der Waals surface area contributed by atoms with Crippen molar-refractivity contribution < 1.29 is 14.3 Å². The van der Waals surface area contributed by atoms with E-state index in [1.807, 2.05) is 76.7 Å². The molecule has 0 N–H and O–H groups in total. The highest BCUT2D eigenvalue weighted by atomic mass is 32.1. The van der Waals surface area contributed by atoms with E-state index in [4.69, 9.17) is 9.72 Å². The van der Waals surface area contributed by atoms with E-state index < -0.39 is 0 Å². The van der Waals surface area contributed by atoms with E-state index in [0.717, 1.165) is 53.4 Å². The van der Waals surface area contributed by atoms with Crippen LogP contribution in [0.5, 0.6) is 5.75 Å². The Balaban J connectivity index is 1.39. The summed E-state index contributed by atoms with van der Waals surface area (Å²) in [6, 6.07) is 17.4. The molecule has 0 bridgehead atoms. The van der Waals surface area contributed by atoms with Crippen molar-refractivity contribution in [2.24, 2.45) is 0 Å². The van der Waals surface area contributed by atoms with Gasteiger partial charge in [0.2, 0.25) is 5.91 Å². The number of thiazole rings is 1. The molecule has 35 heavy (non-hydrogen) atoms. The van der Waals surface area contributed by atoms with Crippen LogP contribution < -0.4 is 4.74 Å². The van der Waals surface area contributed by atoms with Crippen LogP contribution in [0.15, 0.2) is 60.0 Å². The average molecular weight is 492 g/mol. The first kappa shape index (κ1) is 24.9. The van der Waals surface area contributed by atoms with Crippen LogP contribution in [-0.4, -0.2) is 58.9 Å². The fourth-order valence-corrected chi connectivity index (χ4v) is 5.44. The summed E-state index contributed by atoms with van der Waals surface area (Å²) in [5.41, 5.74) is 2.47. The first-order valence-corrected chi connectivity index (χ1v) is 13.3. The number of piperidine rings is 1. The zero-order valence-electron chi connectivity index (χ0n) is 20.5. The standard InChI is InChI=1S/C28H33N3O3S/c1-3-16-31(23-14-17-30(18-15-23)28(33)21-10-6-5-7-11-21)26(32)19-22-20-35-27(29-22)24-12-8-9-13-25(24)34-4-2/h5-13,20,23H,3-4,14-19H2,1-2H3. The lowest BCUT2D eigenvalue weighted by atomic mass is 10.0. The Labute approximate surface area is 211 Å². The van der Waals surface area contributed by atoms with Gasteiger partial charge in [0.05, 0.1) is 24.3 Å². The van der Waals surface area contributed by atoms with Crippen molar-refractivity contribution in [3.05, 3.63) is 71.2 Å². The van der Waals surface area contributed by atoms with Gasteiger partial charge in [-0.1, -0.05) is 37.3 Å². The summed E-state index contributed by atoms with van der Waals surface area (Å²) in [5.74, 6) is 0.987. The van der Waals surface area contributed by atoms with Crippen molar-refractivity contribution in [3.8, 4) is 16.3 Å². The molecule has 1 saturated heterocycles. The molecular weight excluding hydrogens is 458 g/mol. The normalized spacial score (nSPS) is 14.1. The number of hydrogen-bond donors (Lipinski definition) is 0. The molecule has 184 valence electrons. The first-order chi connectivity index (χ1) is 17.1. The molecule has 1 aliphatic rings. The van der Waals surface area contributed by atoms with Crippen LogP contribution >= 0.6 is 11.3 Å². The van der Waals surface area contributed by atoms with E-state index in [1.165, 1.54) is 0 Å². The van der Waals surface area contributed by atoms with E-state index in [1.54, 1.807) is 11.3 Å². The molecule has 0 spiro atoms. The fraction of sp³-hybridized carbons (Fsp3) is 0.393. The largest absolute Gasteiger partial charge is 0.493 e. The SMILES string of the molecule is CCCN(C(=O)Cc1csc(-c2ccccc2OCC)n1)C1CCN(C(=O)c2ccccc2)CC1. The van der Waals surface area contributed by atoms with E-state index in [0.29, 0.717) is 19.7 Å². The summed E-state index contributed by atoms with van der Waals surface area (Å²) in [6.45, 7) is 6.71. The second-order valence-corrected chi connectivity index (χ2v) is 9.58. The number of para-hydroxylation sites is 1. The molecule has 2 amide bonds. The molecule has 4 rings (SSSR count). The minimum Gasteiger partial charge on any atom is -0.493 e. The van der Waals surface area contributed by atoms with Gasteiger partial charge in [-0.3, -0.25) is 9.59 Å². The lowest BCUT2D eigenvalue weighted by Gasteiger charge is -2.38. The molecule has 2 aromatic carbocycles. The van der Waals surface area contributed by atoms with Gasteiger partial charge in [-0.2, -0.15) is 0 Å². The van der Waals surface area contributed by atoms with Crippen molar-refractivity contribution in [1.29, 1.82) is 0 Å². The highest BCUT2D eigenvalue weighted by Gasteiger charge is 2.30. The summed E-state index contributed by atoms with van der Waals surface area (Å²) in [7, 11) is 0. The Morgan fingerprint density at radius 2 is 1.77 bits per heavy atom. The number of aromatic nitrogens is 1. The van der Waals surface area contributed by atoms with E-state index >= 15 is 0 Å². The number of amides is 2. The van der Waals surface area contributed by atoms with Crippen molar-refractivity contribution in [2.75, 3.05) is 26.2 Å². The topological polar surface area (TPSA) is 62.7 Å². The maximum Gasteiger partial charge on any atom is 0.253 e. The average Bonchev–Trinajstić information content (AvgIpc) is 3.36. The van der Waals surface area contributed by atoms with Crippen molar-refractivity contribution in [1.82, 2.24) is 14.8 Å². The molecule has 7 heteroatoms. The third kappa shape index (κ3) is 6.09. The minimum atomic E-state index is 0.0692. The van der Waals surface area contributed by atoms with Crippen LogP contribution in [0.25, 0.3) is 10.6 Å². The lowest BCUT2D eigenvalue weighted by Crippen LogP contribution is -2.49. The number of carbonyl (C=O) groups excluding carboxylic acids is 2. The predicted octanol–water partition coefficient (Wildman–Crippen LogP) is 5.29. The maximum atomic E-state index is 13.3. The molecular formula is C28H33N3O3S. The zero-order valence-corrected chi connectivity index (χ0v) is 21.3. The first-order valence-electron chi connectivity index (χ1n) is 12.4. The molecule has 0 unspecified atom stereocenters. The molecule has 0 radical (unpaired) electrons. The molecule has 1 aromatic heterocycles. The maximum absolute atomic E-state index is 13.3. The second kappa shape index (κ2) is 12.0. The summed E-state index contributed by atoms with van der Waals surface area (Å²) in [6.07, 6.45) is 2.79. The lowest BCUT2D eigenvalue weighted by molar-refractivity contribution is -0.133. The van der Waals surface area contributed by atoms with Gasteiger partial charge in [-0.15, -0.1) is 11.3 Å². The van der Waals surface area contributed by atoms with Gasteiger partial charge in [0.1, 0.15) is 10.8 Å². The molecule has 0 atom stereocenters. The Hall–Kier alpha value is -3.19. The summed E-state index contributed by atoms with van der Waals surface area (Å²) in [5, 5.41) is 2.84. The van der Waals surface area contributed by atoms with Gasteiger partial charge >= 0.3 is 0 Å². The third-order valence-electron chi connectivity index (χ3n) is 6.30. The molecule has 0 aliphatic carbocycles. The highest BCUT2D eigenvalue weighted by molar-refractivity contribution is 7.13. The number of hydrogen-bond acceptors (Lipinski definition) is 5. The minimum absolute atomic E-state index is 0.0692. The van der Waals surface area contributed by atoms with Gasteiger partial charge in [0, 0.05) is 36.6 Å². The quantitative estimate of drug-likeness (QED) is 0.408. The summed E-state index contributed by atoms with van der Waals surface area (Å²) in [4.78, 5) is 34.8. The van der Waals surface area contributed by atoms with Gasteiger partial charge < -0.3 is 14.5 Å². The Bertz CT molecular complexity index is 1120. The smallest absolute Gasteiger partial charge is 0.253 e. The van der Waals surface area contributed by atoms with Crippen molar-refractivity contribution in [3.63, 3.8) is 0 Å². The van der Waals surface area contributed by atoms with E-state index in [-0.39, 0.29) is 24.3 Å². The summed E-state index contributed by atoms with van der Waals surface area (Å²) < 4.78 is 5.75. The van der Waals surface area contributed by atoms with Crippen LogP contribution in [0, 0.1) is 0 Å². The molecule has 1 fully saturated rings. The van der Waals surface area contributed by atoms with Gasteiger partial charge in [0.15, 0.2) is 0 Å². The molecule has 0 saturated carbocycles. The fourth-order valence-electron chi connectivity index (χ4n) is 4.59. The Kier molecular flexibility index (Phi) is 8.53. The number of carbonyl (C=O) groups is 2. The molecule has 2 heterocycles. The van der Waals surface area contributed by atoms with Crippen LogP contribution in [0.2, 0.25) is 0 Å². The molecule has 1 aliphatic heterocycles. The number of rotatable bonds is 9. The van der Waals surface area contributed by atoms with Crippen molar-refractivity contribution in [2.45, 2.75) is 45.6 Å². The highest BCUT2D eigenvalue weighted by Crippen LogP contribution is 2.32. The van der Waals surface area contributed by atoms with Crippen molar-refractivity contribution >= 4 is 23.2 Å². The summed E-state index contributed by atoms with van der Waals surface area (Å²) >= 11 is 1.54. The van der Waals surface area contributed by atoms with Gasteiger partial charge in [0.25, 0.3) is 5.91 Å². The monoisotopic (exact) mass is 491 g/mol. The van der Waals surface area contributed by atoms with Crippen LogP contribution in [0.1, 0.15) is 49.2 Å². The van der Waals surface area contributed by atoms with E-state index in [9.17, 15) is 9.59 Å².